The minimum absolute atomic E-state index is 0.108. The molecule has 0 aromatic heterocycles. The van der Waals surface area contributed by atoms with Gasteiger partial charge in [0, 0.05) is 25.8 Å². The third kappa shape index (κ3) is 3.90. The predicted molar refractivity (Wildman–Crippen MR) is 83.2 cm³/mol. The standard InChI is InChI=1S/C16H24N2O4/c1-20-13-4-3-12(14(11-13)21-2)5-8-18-15(19)16(17)6-9-22-10-7-16/h3-4,11H,5-10,17H2,1-2H3,(H,18,19). The number of methoxy groups -OCH3 is 2. The maximum atomic E-state index is 12.2. The van der Waals surface area contributed by atoms with Crippen LogP contribution in [0.5, 0.6) is 11.5 Å². The van der Waals surface area contributed by atoms with E-state index in [-0.39, 0.29) is 5.91 Å². The summed E-state index contributed by atoms with van der Waals surface area (Å²) in [6.45, 7) is 1.59. The Kier molecular flexibility index (Phi) is 5.63. The summed E-state index contributed by atoms with van der Waals surface area (Å²) in [6.07, 6.45) is 1.79. The Morgan fingerprint density at radius 1 is 1.32 bits per heavy atom. The molecular weight excluding hydrogens is 284 g/mol. The molecule has 0 spiro atoms. The van der Waals surface area contributed by atoms with Crippen molar-refractivity contribution < 1.29 is 19.0 Å². The molecule has 1 aromatic carbocycles. The zero-order chi connectivity index (χ0) is 16.0. The molecule has 1 fully saturated rings. The van der Waals surface area contributed by atoms with E-state index in [2.05, 4.69) is 5.32 Å². The van der Waals surface area contributed by atoms with Gasteiger partial charge in [-0.2, -0.15) is 0 Å². The molecule has 0 radical (unpaired) electrons. The van der Waals surface area contributed by atoms with Gasteiger partial charge in [-0.1, -0.05) is 6.07 Å². The Morgan fingerprint density at radius 3 is 2.68 bits per heavy atom. The lowest BCUT2D eigenvalue weighted by molar-refractivity contribution is -0.129. The van der Waals surface area contributed by atoms with Gasteiger partial charge in [-0.15, -0.1) is 0 Å². The molecule has 6 nitrogen and oxygen atoms in total. The van der Waals surface area contributed by atoms with E-state index in [1.165, 1.54) is 0 Å². The van der Waals surface area contributed by atoms with Crippen LogP contribution >= 0.6 is 0 Å². The first-order valence-electron chi connectivity index (χ1n) is 7.45. The summed E-state index contributed by atoms with van der Waals surface area (Å²) in [4.78, 5) is 12.2. The highest BCUT2D eigenvalue weighted by atomic mass is 16.5. The molecule has 2 rings (SSSR count). The fourth-order valence-corrected chi connectivity index (χ4v) is 2.51. The number of nitrogens with one attached hydrogen (secondary N) is 1. The number of nitrogens with two attached hydrogens (primary N) is 1. The molecule has 1 aromatic rings. The first-order valence-corrected chi connectivity index (χ1v) is 7.45. The Labute approximate surface area is 130 Å². The van der Waals surface area contributed by atoms with E-state index >= 15 is 0 Å². The summed E-state index contributed by atoms with van der Waals surface area (Å²) < 4.78 is 15.8. The first-order chi connectivity index (χ1) is 10.6. The number of ether oxygens (including phenoxy) is 3. The third-order valence-corrected chi connectivity index (χ3v) is 4.01. The van der Waals surface area contributed by atoms with Crippen LogP contribution in [0.4, 0.5) is 0 Å². The number of hydrogen-bond acceptors (Lipinski definition) is 5. The molecule has 0 aliphatic carbocycles. The van der Waals surface area contributed by atoms with Crippen molar-refractivity contribution in [2.24, 2.45) is 5.73 Å². The fraction of sp³-hybridized carbons (Fsp3) is 0.562. The lowest BCUT2D eigenvalue weighted by Crippen LogP contribution is -2.57. The van der Waals surface area contributed by atoms with E-state index in [4.69, 9.17) is 19.9 Å². The van der Waals surface area contributed by atoms with Gasteiger partial charge >= 0.3 is 0 Å². The minimum Gasteiger partial charge on any atom is -0.497 e. The predicted octanol–water partition coefficient (Wildman–Crippen LogP) is 0.870. The van der Waals surface area contributed by atoms with Crippen molar-refractivity contribution in [3.63, 3.8) is 0 Å². The highest BCUT2D eigenvalue weighted by molar-refractivity contribution is 5.86. The molecule has 1 saturated heterocycles. The number of amides is 1. The van der Waals surface area contributed by atoms with Crippen LogP contribution in [0.15, 0.2) is 18.2 Å². The molecule has 6 heteroatoms. The van der Waals surface area contributed by atoms with Crippen molar-refractivity contribution in [3.05, 3.63) is 23.8 Å². The van der Waals surface area contributed by atoms with Crippen LogP contribution in [0.3, 0.4) is 0 Å². The molecule has 0 bridgehead atoms. The van der Waals surface area contributed by atoms with E-state index in [0.717, 1.165) is 17.1 Å². The van der Waals surface area contributed by atoms with E-state index in [9.17, 15) is 4.79 Å². The molecule has 1 amide bonds. The summed E-state index contributed by atoms with van der Waals surface area (Å²) in [6, 6.07) is 5.65. The van der Waals surface area contributed by atoms with Gasteiger partial charge in [0.15, 0.2) is 0 Å². The third-order valence-electron chi connectivity index (χ3n) is 4.01. The molecule has 0 unspecified atom stereocenters. The maximum absolute atomic E-state index is 12.2. The Balaban J connectivity index is 1.89. The fourth-order valence-electron chi connectivity index (χ4n) is 2.51. The zero-order valence-corrected chi connectivity index (χ0v) is 13.2. The molecule has 0 saturated carbocycles. The van der Waals surface area contributed by atoms with E-state index in [1.807, 2.05) is 18.2 Å². The molecular formula is C16H24N2O4. The van der Waals surface area contributed by atoms with Gasteiger partial charge in [0.1, 0.15) is 11.5 Å². The van der Waals surface area contributed by atoms with Gasteiger partial charge < -0.3 is 25.3 Å². The molecule has 3 N–H and O–H groups in total. The lowest BCUT2D eigenvalue weighted by atomic mass is 9.90. The number of carbonyl (C=O) groups excluding carboxylic acids is 1. The summed E-state index contributed by atoms with van der Waals surface area (Å²) in [7, 11) is 3.23. The van der Waals surface area contributed by atoms with E-state index in [1.54, 1.807) is 14.2 Å². The second-order valence-corrected chi connectivity index (χ2v) is 5.45. The van der Waals surface area contributed by atoms with Crippen molar-refractivity contribution in [2.75, 3.05) is 34.0 Å². The lowest BCUT2D eigenvalue weighted by Gasteiger charge is -2.31. The maximum Gasteiger partial charge on any atom is 0.240 e. The van der Waals surface area contributed by atoms with Crippen LogP contribution in [0, 0.1) is 0 Å². The highest BCUT2D eigenvalue weighted by Crippen LogP contribution is 2.24. The van der Waals surface area contributed by atoms with Gasteiger partial charge in [0.2, 0.25) is 5.91 Å². The summed E-state index contributed by atoms with van der Waals surface area (Å²) in [5, 5.41) is 2.91. The number of benzene rings is 1. The normalized spacial score (nSPS) is 16.9. The Morgan fingerprint density at radius 2 is 2.05 bits per heavy atom. The summed E-state index contributed by atoms with van der Waals surface area (Å²) in [5.41, 5.74) is 6.35. The number of carbonyl (C=O) groups is 1. The number of rotatable bonds is 6. The second-order valence-electron chi connectivity index (χ2n) is 5.45. The average molecular weight is 308 g/mol. The molecule has 22 heavy (non-hydrogen) atoms. The van der Waals surface area contributed by atoms with Crippen molar-refractivity contribution in [1.82, 2.24) is 5.32 Å². The average Bonchev–Trinajstić information content (AvgIpc) is 2.55. The quantitative estimate of drug-likeness (QED) is 0.815. The highest BCUT2D eigenvalue weighted by Gasteiger charge is 2.35. The minimum atomic E-state index is -0.803. The van der Waals surface area contributed by atoms with Crippen LogP contribution < -0.4 is 20.5 Å². The smallest absolute Gasteiger partial charge is 0.240 e. The molecule has 1 aliphatic rings. The van der Waals surface area contributed by atoms with Crippen molar-refractivity contribution in [2.45, 2.75) is 24.8 Å². The molecule has 1 aliphatic heterocycles. The van der Waals surface area contributed by atoms with Gasteiger partial charge in [-0.3, -0.25) is 4.79 Å². The molecule has 0 atom stereocenters. The van der Waals surface area contributed by atoms with E-state index in [0.29, 0.717) is 39.0 Å². The first kappa shape index (κ1) is 16.6. The summed E-state index contributed by atoms with van der Waals surface area (Å²) >= 11 is 0. The van der Waals surface area contributed by atoms with Crippen LogP contribution in [-0.2, 0) is 16.0 Å². The van der Waals surface area contributed by atoms with Crippen LogP contribution in [0.25, 0.3) is 0 Å². The van der Waals surface area contributed by atoms with Gasteiger partial charge in [-0.05, 0) is 30.9 Å². The largest absolute Gasteiger partial charge is 0.497 e. The monoisotopic (exact) mass is 308 g/mol. The Bertz CT molecular complexity index is 513. The van der Waals surface area contributed by atoms with Crippen molar-refractivity contribution in [1.29, 1.82) is 0 Å². The Hall–Kier alpha value is -1.79. The number of hydrogen-bond donors (Lipinski definition) is 2. The van der Waals surface area contributed by atoms with Crippen LogP contribution in [0.2, 0.25) is 0 Å². The van der Waals surface area contributed by atoms with Gasteiger partial charge in [0.25, 0.3) is 0 Å². The second kappa shape index (κ2) is 7.47. The SMILES string of the molecule is COc1ccc(CCNC(=O)C2(N)CCOCC2)c(OC)c1. The topological polar surface area (TPSA) is 82.8 Å². The van der Waals surface area contributed by atoms with Crippen molar-refractivity contribution in [3.8, 4) is 11.5 Å². The van der Waals surface area contributed by atoms with Gasteiger partial charge in [0.05, 0.1) is 19.8 Å². The van der Waals surface area contributed by atoms with Crippen LogP contribution in [0.1, 0.15) is 18.4 Å². The summed E-state index contributed by atoms with van der Waals surface area (Å²) in [5.74, 6) is 1.39. The van der Waals surface area contributed by atoms with Crippen LogP contribution in [-0.4, -0.2) is 45.4 Å². The van der Waals surface area contributed by atoms with Gasteiger partial charge in [-0.25, -0.2) is 0 Å². The zero-order valence-electron chi connectivity index (χ0n) is 13.2. The van der Waals surface area contributed by atoms with Crippen molar-refractivity contribution >= 4 is 5.91 Å². The molecule has 1 heterocycles. The molecule has 122 valence electrons. The van der Waals surface area contributed by atoms with E-state index < -0.39 is 5.54 Å².